The molecule has 0 saturated heterocycles. The van der Waals surface area contributed by atoms with Gasteiger partial charge in [0.15, 0.2) is 0 Å². The lowest BCUT2D eigenvalue weighted by Crippen LogP contribution is -2.43. The maximum atomic E-state index is 12.5. The lowest BCUT2D eigenvalue weighted by molar-refractivity contribution is -0.149. The number of rotatable bonds is 3. The summed E-state index contributed by atoms with van der Waals surface area (Å²) < 4.78 is 4.75. The fraction of sp³-hybridized carbons (Fsp3) is 0.400. The van der Waals surface area contributed by atoms with E-state index < -0.39 is 11.9 Å². The maximum absolute atomic E-state index is 12.5. The van der Waals surface area contributed by atoms with E-state index in [1.165, 1.54) is 12.1 Å². The lowest BCUT2D eigenvalue weighted by Gasteiger charge is -2.28. The smallest absolute Gasteiger partial charge is 0.318 e. The number of anilines is 1. The van der Waals surface area contributed by atoms with Gasteiger partial charge in [0.05, 0.1) is 12.8 Å². The molecule has 110 valence electrons. The van der Waals surface area contributed by atoms with E-state index in [1.807, 2.05) is 0 Å². The second kappa shape index (κ2) is 5.48. The topological polar surface area (TPSA) is 59.0 Å². The number of nitrogens with zero attached hydrogens (tertiary/aromatic N) is 2. The average molecular weight is 307 g/mol. The molecule has 1 aliphatic heterocycles. The maximum Gasteiger partial charge on any atom is 0.318 e. The van der Waals surface area contributed by atoms with Crippen molar-refractivity contribution >= 4 is 34.9 Å². The molecule has 21 heavy (non-hydrogen) atoms. The van der Waals surface area contributed by atoms with Crippen molar-refractivity contribution < 1.29 is 14.3 Å². The van der Waals surface area contributed by atoms with E-state index in [1.54, 1.807) is 24.3 Å². The zero-order chi connectivity index (χ0) is 15.0. The van der Waals surface area contributed by atoms with Crippen molar-refractivity contribution in [2.75, 3.05) is 12.1 Å². The van der Waals surface area contributed by atoms with Crippen molar-refractivity contribution in [3.63, 3.8) is 0 Å². The zero-order valence-corrected chi connectivity index (χ0v) is 12.3. The molecule has 5 nitrogen and oxygen atoms in total. The molecule has 1 unspecified atom stereocenters. The van der Waals surface area contributed by atoms with Gasteiger partial charge in [0.2, 0.25) is 0 Å². The van der Waals surface area contributed by atoms with Crippen LogP contribution in [0.5, 0.6) is 0 Å². The summed E-state index contributed by atoms with van der Waals surface area (Å²) in [4.78, 5) is 24.3. The van der Waals surface area contributed by atoms with Gasteiger partial charge >= 0.3 is 5.97 Å². The second-order valence-corrected chi connectivity index (χ2v) is 5.71. The van der Waals surface area contributed by atoms with Gasteiger partial charge in [-0.05, 0) is 43.0 Å². The quantitative estimate of drug-likeness (QED) is 0.637. The highest BCUT2D eigenvalue weighted by atomic mass is 35.5. The molecule has 1 aliphatic carbocycles. The Kier molecular flexibility index (Phi) is 3.68. The molecular weight excluding hydrogens is 292 g/mol. The van der Waals surface area contributed by atoms with Crippen LogP contribution >= 0.6 is 11.6 Å². The Morgan fingerprint density at radius 3 is 2.57 bits per heavy atom. The minimum Gasteiger partial charge on any atom is -0.468 e. The van der Waals surface area contributed by atoms with Crippen LogP contribution in [0.3, 0.4) is 0 Å². The highest BCUT2D eigenvalue weighted by molar-refractivity contribution is 6.30. The molecule has 1 amide bonds. The third-order valence-electron chi connectivity index (χ3n) is 3.75. The molecule has 0 spiro atoms. The number of carbonyl (C=O) groups excluding carboxylic acids is 2. The van der Waals surface area contributed by atoms with Crippen LogP contribution in [-0.4, -0.2) is 24.7 Å². The minimum absolute atomic E-state index is 0.353. The highest BCUT2D eigenvalue weighted by Gasteiger charge is 2.41. The SMILES string of the molecule is COC(=O)C1CC(C2CC2)=NN(c2ccc(Cl)cc2)C1=O. The molecule has 1 aromatic rings. The number of methoxy groups -OCH3 is 1. The van der Waals surface area contributed by atoms with Crippen LogP contribution in [0.2, 0.25) is 5.02 Å². The predicted octanol–water partition coefficient (Wildman–Crippen LogP) is 2.63. The summed E-state index contributed by atoms with van der Waals surface area (Å²) >= 11 is 5.86. The Labute approximate surface area is 127 Å². The van der Waals surface area contributed by atoms with E-state index in [9.17, 15) is 9.59 Å². The van der Waals surface area contributed by atoms with Crippen molar-refractivity contribution in [3.05, 3.63) is 29.3 Å². The van der Waals surface area contributed by atoms with E-state index in [4.69, 9.17) is 16.3 Å². The van der Waals surface area contributed by atoms with Gasteiger partial charge in [-0.1, -0.05) is 11.6 Å². The van der Waals surface area contributed by atoms with Crippen molar-refractivity contribution in [1.29, 1.82) is 0 Å². The van der Waals surface area contributed by atoms with Gasteiger partial charge in [-0.25, -0.2) is 5.01 Å². The third-order valence-corrected chi connectivity index (χ3v) is 4.01. The Hall–Kier alpha value is -1.88. The van der Waals surface area contributed by atoms with Gasteiger partial charge in [-0.15, -0.1) is 0 Å². The number of halogens is 1. The molecule has 1 aromatic carbocycles. The normalized spacial score (nSPS) is 22.0. The van der Waals surface area contributed by atoms with Gasteiger partial charge < -0.3 is 4.74 Å². The van der Waals surface area contributed by atoms with Crippen molar-refractivity contribution in [2.24, 2.45) is 16.9 Å². The molecule has 1 saturated carbocycles. The fourth-order valence-electron chi connectivity index (χ4n) is 2.42. The van der Waals surface area contributed by atoms with Crippen molar-refractivity contribution in [2.45, 2.75) is 19.3 Å². The van der Waals surface area contributed by atoms with E-state index in [0.717, 1.165) is 18.6 Å². The fourth-order valence-corrected chi connectivity index (χ4v) is 2.55. The summed E-state index contributed by atoms with van der Waals surface area (Å²) in [5.74, 6) is -1.28. The van der Waals surface area contributed by atoms with Crippen molar-refractivity contribution in [1.82, 2.24) is 0 Å². The third kappa shape index (κ3) is 2.78. The molecule has 0 aromatic heterocycles. The van der Waals surface area contributed by atoms with Crippen LogP contribution in [0.25, 0.3) is 0 Å². The molecular formula is C15H15ClN2O3. The summed E-state index contributed by atoms with van der Waals surface area (Å²) in [6, 6.07) is 6.82. The number of amides is 1. The van der Waals surface area contributed by atoms with E-state index in [0.29, 0.717) is 23.0 Å². The summed E-state index contributed by atoms with van der Waals surface area (Å²) in [5, 5.41) is 6.32. The molecule has 1 atom stereocenters. The molecule has 0 N–H and O–H groups in total. The van der Waals surface area contributed by atoms with Gasteiger partial charge in [0.25, 0.3) is 5.91 Å². The molecule has 6 heteroatoms. The Balaban J connectivity index is 1.96. The number of hydrogen-bond donors (Lipinski definition) is 0. The van der Waals surface area contributed by atoms with E-state index in [-0.39, 0.29) is 5.91 Å². The first-order chi connectivity index (χ1) is 10.1. The van der Waals surface area contributed by atoms with Gasteiger partial charge in [-0.2, -0.15) is 5.10 Å². The molecule has 0 bridgehead atoms. The predicted molar refractivity (Wildman–Crippen MR) is 79.2 cm³/mol. The number of hydrazone groups is 1. The Morgan fingerprint density at radius 1 is 1.33 bits per heavy atom. The summed E-state index contributed by atoms with van der Waals surface area (Å²) in [6.07, 6.45) is 2.49. The van der Waals surface area contributed by atoms with E-state index in [2.05, 4.69) is 5.10 Å². The number of hydrogen-bond acceptors (Lipinski definition) is 4. The first-order valence-electron chi connectivity index (χ1n) is 6.85. The average Bonchev–Trinajstić information content (AvgIpc) is 3.32. The molecule has 1 fully saturated rings. The van der Waals surface area contributed by atoms with Crippen LogP contribution in [0.1, 0.15) is 19.3 Å². The van der Waals surface area contributed by atoms with Gasteiger partial charge in [0, 0.05) is 17.2 Å². The largest absolute Gasteiger partial charge is 0.468 e. The van der Waals surface area contributed by atoms with Crippen molar-refractivity contribution in [3.8, 4) is 0 Å². The number of ether oxygens (including phenoxy) is 1. The van der Waals surface area contributed by atoms with Gasteiger partial charge in [-0.3, -0.25) is 9.59 Å². The monoisotopic (exact) mass is 306 g/mol. The lowest BCUT2D eigenvalue weighted by atomic mass is 9.96. The highest BCUT2D eigenvalue weighted by Crippen LogP contribution is 2.36. The number of carbonyl (C=O) groups is 2. The van der Waals surface area contributed by atoms with Crippen LogP contribution < -0.4 is 5.01 Å². The van der Waals surface area contributed by atoms with Crippen LogP contribution in [0.15, 0.2) is 29.4 Å². The zero-order valence-electron chi connectivity index (χ0n) is 11.6. The van der Waals surface area contributed by atoms with Crippen LogP contribution in [-0.2, 0) is 14.3 Å². The second-order valence-electron chi connectivity index (χ2n) is 5.27. The minimum atomic E-state index is -0.807. The van der Waals surface area contributed by atoms with Crippen LogP contribution in [0.4, 0.5) is 5.69 Å². The first kappa shape index (κ1) is 14.1. The van der Waals surface area contributed by atoms with Crippen LogP contribution in [0, 0.1) is 11.8 Å². The van der Waals surface area contributed by atoms with Gasteiger partial charge in [0.1, 0.15) is 5.92 Å². The molecule has 2 aliphatic rings. The number of esters is 1. The summed E-state index contributed by atoms with van der Waals surface area (Å²) in [5.41, 5.74) is 1.51. The Morgan fingerprint density at radius 2 is 2.00 bits per heavy atom. The number of benzene rings is 1. The molecule has 3 rings (SSSR count). The van der Waals surface area contributed by atoms with E-state index >= 15 is 0 Å². The summed E-state index contributed by atoms with van der Waals surface area (Å²) in [7, 11) is 1.30. The first-order valence-corrected chi connectivity index (χ1v) is 7.22. The molecule has 0 radical (unpaired) electrons. The molecule has 1 heterocycles. The summed E-state index contributed by atoms with van der Waals surface area (Å²) in [6.45, 7) is 0. The Bertz CT molecular complexity index is 608. The standard InChI is InChI=1S/C15H15ClN2O3/c1-21-15(20)12-8-13(9-2-3-9)17-18(14(12)19)11-6-4-10(16)5-7-11/h4-7,9,12H,2-3,8H2,1H3.